The molecular weight excluding hydrogens is 716 g/mol. The maximum atomic E-state index is 13.3. The SMILES string of the molecule is Cc1cc(NC2CCN(C(=O)OC(C)(C)C)CC2)nc(NCc2cc(CCCN(CCCN(C(=O)OC(C)(C)C)C3CCCCC3)C(=O)OC(C)(C)C)on2)n1. The number of amides is 3. The van der Waals surface area contributed by atoms with Crippen molar-refractivity contribution in [3.05, 3.63) is 29.3 Å². The van der Waals surface area contributed by atoms with Gasteiger partial charge >= 0.3 is 18.3 Å². The summed E-state index contributed by atoms with van der Waals surface area (Å²) in [6.07, 6.45) is 7.81. The quantitative estimate of drug-likeness (QED) is 0.176. The summed E-state index contributed by atoms with van der Waals surface area (Å²) >= 11 is 0. The third kappa shape index (κ3) is 15.7. The topological polar surface area (TPSA) is 164 Å². The molecule has 56 heavy (non-hydrogen) atoms. The van der Waals surface area contributed by atoms with Crippen molar-refractivity contribution in [2.24, 2.45) is 0 Å². The molecule has 15 nitrogen and oxygen atoms in total. The molecule has 2 aromatic heterocycles. The molecule has 4 rings (SSSR count). The van der Waals surface area contributed by atoms with Crippen LogP contribution < -0.4 is 10.6 Å². The fourth-order valence-electron chi connectivity index (χ4n) is 6.82. The highest BCUT2D eigenvalue weighted by atomic mass is 16.6. The fraction of sp³-hybridized carbons (Fsp3) is 0.756. The Kier molecular flexibility index (Phi) is 15.6. The van der Waals surface area contributed by atoms with Gasteiger partial charge in [0.25, 0.3) is 0 Å². The lowest BCUT2D eigenvalue weighted by molar-refractivity contribution is 0.00981. The van der Waals surface area contributed by atoms with Crippen molar-refractivity contribution in [2.45, 2.75) is 169 Å². The van der Waals surface area contributed by atoms with Gasteiger partial charge in [-0.2, -0.15) is 4.98 Å². The molecule has 1 aliphatic carbocycles. The number of hydrogen-bond donors (Lipinski definition) is 2. The van der Waals surface area contributed by atoms with Gasteiger partial charge in [0.15, 0.2) is 0 Å². The van der Waals surface area contributed by atoms with E-state index in [1.807, 2.05) is 86.3 Å². The summed E-state index contributed by atoms with van der Waals surface area (Å²) in [5.74, 6) is 1.91. The number of aromatic nitrogens is 3. The van der Waals surface area contributed by atoms with E-state index in [0.717, 1.165) is 50.0 Å². The Morgan fingerprint density at radius 3 is 2.07 bits per heavy atom. The summed E-state index contributed by atoms with van der Waals surface area (Å²) in [6.45, 7) is 21.8. The van der Waals surface area contributed by atoms with Gasteiger partial charge in [0.05, 0.1) is 6.54 Å². The lowest BCUT2D eigenvalue weighted by Gasteiger charge is -2.36. The van der Waals surface area contributed by atoms with Crippen LogP contribution in [0.25, 0.3) is 0 Å². The van der Waals surface area contributed by atoms with Crippen LogP contribution in [0.15, 0.2) is 16.7 Å². The highest BCUT2D eigenvalue weighted by Gasteiger charge is 2.31. The Hall–Kier alpha value is -4.30. The van der Waals surface area contributed by atoms with Gasteiger partial charge < -0.3 is 44.1 Å². The second-order valence-corrected chi connectivity index (χ2v) is 18.1. The Balaban J connectivity index is 1.27. The first-order chi connectivity index (χ1) is 26.2. The summed E-state index contributed by atoms with van der Waals surface area (Å²) in [7, 11) is 0. The van der Waals surface area contributed by atoms with Crippen molar-refractivity contribution >= 4 is 30.0 Å². The van der Waals surface area contributed by atoms with Crippen LogP contribution in [0.2, 0.25) is 0 Å². The highest BCUT2D eigenvalue weighted by Crippen LogP contribution is 2.25. The third-order valence-electron chi connectivity index (χ3n) is 9.36. The van der Waals surface area contributed by atoms with Crippen LogP contribution in [0, 0.1) is 6.92 Å². The summed E-state index contributed by atoms with van der Waals surface area (Å²) in [5, 5.41) is 11.0. The number of ether oxygens (including phenoxy) is 3. The summed E-state index contributed by atoms with van der Waals surface area (Å²) in [4.78, 5) is 53.5. The van der Waals surface area contributed by atoms with Crippen LogP contribution in [0.1, 0.15) is 137 Å². The van der Waals surface area contributed by atoms with E-state index in [1.54, 1.807) is 9.80 Å². The van der Waals surface area contributed by atoms with Crippen molar-refractivity contribution in [3.63, 3.8) is 0 Å². The Labute approximate surface area is 333 Å². The molecule has 1 aliphatic heterocycles. The van der Waals surface area contributed by atoms with Crippen molar-refractivity contribution in [1.82, 2.24) is 29.8 Å². The van der Waals surface area contributed by atoms with Crippen molar-refractivity contribution in [2.75, 3.05) is 43.4 Å². The third-order valence-corrected chi connectivity index (χ3v) is 9.36. The Bertz CT molecular complexity index is 1560. The number of rotatable bonds is 14. The highest BCUT2D eigenvalue weighted by molar-refractivity contribution is 5.69. The second kappa shape index (κ2) is 19.7. The molecule has 3 amide bonds. The van der Waals surface area contributed by atoms with E-state index in [0.29, 0.717) is 75.9 Å². The molecule has 0 bridgehead atoms. The first-order valence-corrected chi connectivity index (χ1v) is 20.5. The maximum Gasteiger partial charge on any atom is 0.410 e. The Morgan fingerprint density at radius 1 is 0.804 bits per heavy atom. The molecule has 3 heterocycles. The van der Waals surface area contributed by atoms with E-state index >= 15 is 0 Å². The van der Waals surface area contributed by atoms with Crippen LogP contribution in [0.4, 0.5) is 26.1 Å². The van der Waals surface area contributed by atoms with Gasteiger partial charge in [-0.05, 0) is 108 Å². The van der Waals surface area contributed by atoms with Gasteiger partial charge in [-0.1, -0.05) is 24.4 Å². The minimum atomic E-state index is -0.633. The molecule has 2 N–H and O–H groups in total. The molecule has 0 aromatic carbocycles. The zero-order valence-corrected chi connectivity index (χ0v) is 35.7. The molecular formula is C41H68N8O7. The zero-order valence-electron chi connectivity index (χ0n) is 35.7. The zero-order chi connectivity index (χ0) is 41.1. The second-order valence-electron chi connectivity index (χ2n) is 18.1. The molecule has 1 saturated heterocycles. The van der Waals surface area contributed by atoms with E-state index in [4.69, 9.17) is 18.7 Å². The largest absolute Gasteiger partial charge is 0.444 e. The number of hydrogen-bond acceptors (Lipinski definition) is 12. The normalized spacial score (nSPS) is 15.9. The van der Waals surface area contributed by atoms with Gasteiger partial charge in [0.1, 0.15) is 34.1 Å². The first kappa shape index (κ1) is 44.4. The van der Waals surface area contributed by atoms with Gasteiger partial charge in [-0.25, -0.2) is 19.4 Å². The molecule has 0 radical (unpaired) electrons. The maximum absolute atomic E-state index is 13.3. The number of carbonyl (C=O) groups excluding carboxylic acids is 3. The van der Waals surface area contributed by atoms with Crippen LogP contribution in [0.5, 0.6) is 0 Å². The number of nitrogens with zero attached hydrogens (tertiary/aromatic N) is 6. The van der Waals surface area contributed by atoms with E-state index < -0.39 is 16.8 Å². The molecule has 314 valence electrons. The molecule has 2 fully saturated rings. The number of piperidine rings is 1. The lowest BCUT2D eigenvalue weighted by atomic mass is 9.94. The van der Waals surface area contributed by atoms with Crippen molar-refractivity contribution in [1.29, 1.82) is 0 Å². The van der Waals surface area contributed by atoms with Gasteiger partial charge in [-0.3, -0.25) is 0 Å². The number of carbonyl (C=O) groups is 3. The van der Waals surface area contributed by atoms with Gasteiger partial charge in [-0.15, -0.1) is 0 Å². The average Bonchev–Trinajstić information content (AvgIpc) is 3.54. The predicted octanol–water partition coefficient (Wildman–Crippen LogP) is 8.33. The van der Waals surface area contributed by atoms with Gasteiger partial charge in [0.2, 0.25) is 5.95 Å². The molecule has 2 aliphatic rings. The molecule has 0 atom stereocenters. The smallest absolute Gasteiger partial charge is 0.410 e. The van der Waals surface area contributed by atoms with E-state index in [2.05, 4.69) is 25.8 Å². The van der Waals surface area contributed by atoms with E-state index in [1.165, 1.54) is 6.42 Å². The van der Waals surface area contributed by atoms with Crippen LogP contribution >= 0.6 is 0 Å². The van der Waals surface area contributed by atoms with Crippen LogP contribution in [0.3, 0.4) is 0 Å². The van der Waals surface area contributed by atoms with Crippen molar-refractivity contribution < 1.29 is 33.1 Å². The molecule has 0 spiro atoms. The average molecular weight is 785 g/mol. The molecule has 1 saturated carbocycles. The standard InChI is InChI=1S/C41H68N8O7/c1-29-26-34(44-30-19-24-48(25-20-30)37(51)54-40(5,6)7)45-35(43-29)42-28-31-27-33(56-46-31)18-14-21-47(36(50)53-39(2,3)4)22-15-23-49(32-16-12-11-13-17-32)38(52)55-41(8,9)10/h26-27,30,32H,11-25,28H2,1-10H3,(H2,42,43,44,45). The fourth-order valence-corrected chi connectivity index (χ4v) is 6.82. The van der Waals surface area contributed by atoms with E-state index in [-0.39, 0.29) is 30.4 Å². The predicted molar refractivity (Wildman–Crippen MR) is 216 cm³/mol. The van der Waals surface area contributed by atoms with Crippen LogP contribution in [-0.2, 0) is 27.2 Å². The van der Waals surface area contributed by atoms with Crippen LogP contribution in [-0.4, -0.2) is 110 Å². The number of likely N-dealkylation sites (tertiary alicyclic amines) is 1. The molecule has 0 unspecified atom stereocenters. The molecule has 2 aromatic rings. The summed E-state index contributed by atoms with van der Waals surface area (Å²) in [5.41, 5.74) is -0.200. The van der Waals surface area contributed by atoms with E-state index in [9.17, 15) is 14.4 Å². The van der Waals surface area contributed by atoms with Crippen molar-refractivity contribution in [3.8, 4) is 0 Å². The number of aryl methyl sites for hydroxylation is 2. The summed E-state index contributed by atoms with van der Waals surface area (Å²) < 4.78 is 22.7. The lowest BCUT2D eigenvalue weighted by Crippen LogP contribution is -2.46. The monoisotopic (exact) mass is 785 g/mol. The van der Waals surface area contributed by atoms with Gasteiger partial charge in [0, 0.05) is 69.1 Å². The minimum absolute atomic E-state index is 0.155. The minimum Gasteiger partial charge on any atom is -0.444 e. The number of anilines is 2. The Morgan fingerprint density at radius 2 is 1.43 bits per heavy atom. The molecule has 15 heteroatoms. The first-order valence-electron chi connectivity index (χ1n) is 20.5. The number of nitrogens with one attached hydrogen (secondary N) is 2. The summed E-state index contributed by atoms with van der Waals surface area (Å²) in [6, 6.07) is 4.14.